The molecule has 0 spiro atoms. The van der Waals surface area contributed by atoms with E-state index in [0.717, 1.165) is 11.8 Å². The second-order valence-corrected chi connectivity index (χ2v) is 11.0. The number of hydrogen-bond donors (Lipinski definition) is 1. The van der Waals surface area contributed by atoms with E-state index in [1.165, 1.54) is 9.21 Å². The number of sulfonamides is 1. The maximum absolute atomic E-state index is 13.3. The molecule has 0 unspecified atom stereocenters. The van der Waals surface area contributed by atoms with Gasteiger partial charge in [0.1, 0.15) is 11.8 Å². The van der Waals surface area contributed by atoms with Gasteiger partial charge in [0.15, 0.2) is 0 Å². The predicted molar refractivity (Wildman–Crippen MR) is 139 cm³/mol. The number of carbonyl (C=O) groups is 2. The second-order valence-electron chi connectivity index (χ2n) is 8.63. The Kier molecular flexibility index (Phi) is 10.4. The molecule has 2 aromatic rings. The van der Waals surface area contributed by atoms with Crippen molar-refractivity contribution in [2.24, 2.45) is 0 Å². The fourth-order valence-electron chi connectivity index (χ4n) is 3.59. The van der Waals surface area contributed by atoms with Gasteiger partial charge < -0.3 is 15.0 Å². The topological polar surface area (TPSA) is 96.0 Å². The van der Waals surface area contributed by atoms with E-state index < -0.39 is 16.1 Å². The third-order valence-corrected chi connectivity index (χ3v) is 6.76. The van der Waals surface area contributed by atoms with Crippen LogP contribution in [0.1, 0.15) is 39.2 Å². The number of halogens is 1. The first-order valence-corrected chi connectivity index (χ1v) is 13.6. The number of benzene rings is 2. The molecule has 10 heteroatoms. The molecule has 0 fully saturated rings. The highest BCUT2D eigenvalue weighted by molar-refractivity contribution is 7.92. The van der Waals surface area contributed by atoms with Gasteiger partial charge in [-0.3, -0.25) is 13.9 Å². The summed E-state index contributed by atoms with van der Waals surface area (Å²) < 4.78 is 31.3. The lowest BCUT2D eigenvalue weighted by atomic mass is 10.1. The van der Waals surface area contributed by atoms with Crippen molar-refractivity contribution in [1.82, 2.24) is 10.2 Å². The summed E-state index contributed by atoms with van der Waals surface area (Å²) in [5.74, 6) is 0.145. The summed E-state index contributed by atoms with van der Waals surface area (Å²) in [5, 5.41) is 3.27. The summed E-state index contributed by atoms with van der Waals surface area (Å²) >= 11 is 6.03. The molecular weight excluding hydrogens is 490 g/mol. The van der Waals surface area contributed by atoms with Crippen LogP contribution >= 0.6 is 11.6 Å². The zero-order valence-corrected chi connectivity index (χ0v) is 22.4. The number of ether oxygens (including phenoxy) is 1. The molecule has 192 valence electrons. The molecule has 0 heterocycles. The number of carbonyl (C=O) groups excluding carboxylic acids is 2. The number of hydrogen-bond acceptors (Lipinski definition) is 5. The Bertz CT molecular complexity index is 1120. The smallest absolute Gasteiger partial charge is 0.242 e. The highest BCUT2D eigenvalue weighted by Crippen LogP contribution is 2.23. The summed E-state index contributed by atoms with van der Waals surface area (Å²) in [6.45, 7) is 5.71. The van der Waals surface area contributed by atoms with Gasteiger partial charge >= 0.3 is 0 Å². The molecule has 35 heavy (non-hydrogen) atoms. The van der Waals surface area contributed by atoms with Gasteiger partial charge in [-0.05, 0) is 63.1 Å². The third-order valence-electron chi connectivity index (χ3n) is 5.33. The summed E-state index contributed by atoms with van der Waals surface area (Å²) in [6, 6.07) is 13.1. The Morgan fingerprint density at radius 1 is 1.09 bits per heavy atom. The SMILES string of the molecule is COc1cccc(CN(C(=O)CCCN(c2cccc(Cl)c2)S(C)(=O)=O)[C@@H](C)C(=O)NC(C)C)c1. The molecule has 0 saturated carbocycles. The number of rotatable bonds is 12. The van der Waals surface area contributed by atoms with E-state index in [9.17, 15) is 18.0 Å². The minimum atomic E-state index is -3.58. The summed E-state index contributed by atoms with van der Waals surface area (Å²) in [6.07, 6.45) is 1.45. The zero-order valence-electron chi connectivity index (χ0n) is 20.8. The zero-order chi connectivity index (χ0) is 26.2. The van der Waals surface area contributed by atoms with Crippen molar-refractivity contribution in [3.8, 4) is 5.75 Å². The molecule has 8 nitrogen and oxygen atoms in total. The van der Waals surface area contributed by atoms with E-state index in [0.29, 0.717) is 16.5 Å². The van der Waals surface area contributed by atoms with Crippen LogP contribution in [0, 0.1) is 0 Å². The van der Waals surface area contributed by atoms with Crippen molar-refractivity contribution in [2.45, 2.75) is 52.2 Å². The van der Waals surface area contributed by atoms with Crippen LogP contribution in [-0.4, -0.2) is 57.1 Å². The minimum absolute atomic E-state index is 0.0653. The Morgan fingerprint density at radius 2 is 1.77 bits per heavy atom. The van der Waals surface area contributed by atoms with Crippen LogP contribution in [0.5, 0.6) is 5.75 Å². The molecule has 0 radical (unpaired) electrons. The van der Waals surface area contributed by atoms with Crippen LogP contribution in [0.15, 0.2) is 48.5 Å². The van der Waals surface area contributed by atoms with Gasteiger partial charge in [-0.15, -0.1) is 0 Å². The van der Waals surface area contributed by atoms with E-state index in [1.807, 2.05) is 32.0 Å². The van der Waals surface area contributed by atoms with E-state index in [2.05, 4.69) is 5.32 Å². The van der Waals surface area contributed by atoms with Crippen molar-refractivity contribution < 1.29 is 22.7 Å². The molecule has 2 rings (SSSR count). The third kappa shape index (κ3) is 8.74. The highest BCUT2D eigenvalue weighted by Gasteiger charge is 2.27. The molecule has 0 aromatic heterocycles. The lowest BCUT2D eigenvalue weighted by Gasteiger charge is -2.30. The van der Waals surface area contributed by atoms with Gasteiger partial charge in [-0.25, -0.2) is 8.42 Å². The molecule has 2 amide bonds. The Morgan fingerprint density at radius 3 is 2.37 bits per heavy atom. The lowest BCUT2D eigenvalue weighted by Crippen LogP contribution is -2.49. The van der Waals surface area contributed by atoms with Crippen molar-refractivity contribution in [3.63, 3.8) is 0 Å². The van der Waals surface area contributed by atoms with Gasteiger partial charge in [0.2, 0.25) is 21.8 Å². The van der Waals surface area contributed by atoms with E-state index in [1.54, 1.807) is 44.4 Å². The molecule has 0 aliphatic carbocycles. The monoisotopic (exact) mass is 523 g/mol. The average molecular weight is 524 g/mol. The van der Waals surface area contributed by atoms with Crippen molar-refractivity contribution in [1.29, 1.82) is 0 Å². The number of methoxy groups -OCH3 is 1. The van der Waals surface area contributed by atoms with Gasteiger partial charge in [-0.1, -0.05) is 29.8 Å². The van der Waals surface area contributed by atoms with Gasteiger partial charge in [0, 0.05) is 30.6 Å². The first-order valence-electron chi connectivity index (χ1n) is 11.4. The maximum atomic E-state index is 13.3. The summed E-state index contributed by atoms with van der Waals surface area (Å²) in [7, 11) is -2.02. The fraction of sp³-hybridized carbons (Fsp3) is 0.440. The number of anilines is 1. The molecule has 2 aromatic carbocycles. The maximum Gasteiger partial charge on any atom is 0.242 e. The number of nitrogens with one attached hydrogen (secondary N) is 1. The minimum Gasteiger partial charge on any atom is -0.497 e. The molecule has 1 atom stereocenters. The molecule has 1 N–H and O–H groups in total. The van der Waals surface area contributed by atoms with Crippen LogP contribution in [-0.2, 0) is 26.2 Å². The molecular formula is C25H34ClN3O5S. The first-order chi connectivity index (χ1) is 16.4. The van der Waals surface area contributed by atoms with Crippen LogP contribution in [0.2, 0.25) is 5.02 Å². The largest absolute Gasteiger partial charge is 0.497 e. The normalized spacial score (nSPS) is 12.2. The molecule has 0 saturated heterocycles. The first kappa shape index (κ1) is 28.5. The summed E-state index contributed by atoms with van der Waals surface area (Å²) in [5.41, 5.74) is 1.25. The quantitative estimate of drug-likeness (QED) is 0.456. The Hall–Kier alpha value is -2.78. The Balaban J connectivity index is 2.19. The number of nitrogens with zero attached hydrogens (tertiary/aromatic N) is 2. The summed E-state index contributed by atoms with van der Waals surface area (Å²) in [4.78, 5) is 27.5. The average Bonchev–Trinajstić information content (AvgIpc) is 2.78. The van der Waals surface area contributed by atoms with Crippen LogP contribution < -0.4 is 14.4 Å². The van der Waals surface area contributed by atoms with Crippen LogP contribution in [0.25, 0.3) is 0 Å². The standard InChI is InChI=1S/C25H34ClN3O5S/c1-18(2)27-25(31)19(3)28(17-20-9-6-12-23(15-20)34-4)24(30)13-8-14-29(35(5,32)33)22-11-7-10-21(26)16-22/h6-7,9-12,15-16,18-19H,8,13-14,17H2,1-5H3,(H,27,31)/t19-/m0/s1. The van der Waals surface area contributed by atoms with Crippen LogP contribution in [0.3, 0.4) is 0 Å². The molecule has 0 aliphatic rings. The van der Waals surface area contributed by atoms with E-state index in [-0.39, 0.29) is 43.8 Å². The second kappa shape index (κ2) is 12.8. The lowest BCUT2D eigenvalue weighted by molar-refractivity contribution is -0.140. The molecule has 0 bridgehead atoms. The predicted octanol–water partition coefficient (Wildman–Crippen LogP) is 3.84. The number of amides is 2. The van der Waals surface area contributed by atoms with E-state index in [4.69, 9.17) is 16.3 Å². The van der Waals surface area contributed by atoms with Gasteiger partial charge in [-0.2, -0.15) is 0 Å². The van der Waals surface area contributed by atoms with Crippen molar-refractivity contribution in [3.05, 3.63) is 59.1 Å². The van der Waals surface area contributed by atoms with Gasteiger partial charge in [0.25, 0.3) is 0 Å². The van der Waals surface area contributed by atoms with Crippen molar-refractivity contribution in [2.75, 3.05) is 24.2 Å². The fourth-order valence-corrected chi connectivity index (χ4v) is 4.73. The highest BCUT2D eigenvalue weighted by atomic mass is 35.5. The van der Waals surface area contributed by atoms with Gasteiger partial charge in [0.05, 0.1) is 19.1 Å². The molecule has 0 aliphatic heterocycles. The Labute approximate surface area is 213 Å². The van der Waals surface area contributed by atoms with Crippen molar-refractivity contribution >= 4 is 39.1 Å². The van der Waals surface area contributed by atoms with E-state index >= 15 is 0 Å². The van der Waals surface area contributed by atoms with Crippen LogP contribution in [0.4, 0.5) is 5.69 Å².